The number of nitrogens with one attached hydrogen (secondary N) is 1. The van der Waals surface area contributed by atoms with Gasteiger partial charge in [-0.2, -0.15) is 0 Å². The van der Waals surface area contributed by atoms with Crippen LogP contribution in [0.15, 0.2) is 48.6 Å². The summed E-state index contributed by atoms with van der Waals surface area (Å²) in [5.41, 5.74) is 2.29. The Morgan fingerprint density at radius 2 is 1.81 bits per heavy atom. The molecule has 0 radical (unpaired) electrons. The van der Waals surface area contributed by atoms with Gasteiger partial charge in [0.05, 0.1) is 6.04 Å². The van der Waals surface area contributed by atoms with E-state index in [1.807, 2.05) is 19.1 Å². The Kier molecular flexibility index (Phi) is 7.11. The number of benzene rings is 1. The van der Waals surface area contributed by atoms with Crippen LogP contribution in [0.1, 0.15) is 45.1 Å². The Labute approximate surface area is 191 Å². The highest BCUT2D eigenvalue weighted by Crippen LogP contribution is 2.43. The number of allylic oxidation sites excluding steroid dienone is 2. The Morgan fingerprint density at radius 1 is 1.09 bits per heavy atom. The van der Waals surface area contributed by atoms with E-state index in [9.17, 15) is 9.59 Å². The van der Waals surface area contributed by atoms with Crippen molar-refractivity contribution in [3.05, 3.63) is 54.1 Å². The number of nitrogens with zero attached hydrogens (tertiary/aromatic N) is 3. The lowest BCUT2D eigenvalue weighted by atomic mass is 10.0. The van der Waals surface area contributed by atoms with Crippen LogP contribution in [0, 0.1) is 0 Å². The third kappa shape index (κ3) is 5.48. The lowest BCUT2D eigenvalue weighted by Gasteiger charge is -2.43. The van der Waals surface area contributed by atoms with Crippen LogP contribution in [0.3, 0.4) is 0 Å². The molecule has 1 atom stereocenters. The fourth-order valence-corrected chi connectivity index (χ4v) is 4.96. The van der Waals surface area contributed by atoms with Crippen molar-refractivity contribution >= 4 is 17.5 Å². The maximum Gasteiger partial charge on any atom is 0.222 e. The van der Waals surface area contributed by atoms with Gasteiger partial charge in [0, 0.05) is 63.8 Å². The zero-order chi connectivity index (χ0) is 22.6. The molecule has 1 saturated carbocycles. The fraction of sp³-hybridized carbons (Fsp3) is 0.538. The van der Waals surface area contributed by atoms with Gasteiger partial charge in [0.25, 0.3) is 0 Å². The molecule has 2 aliphatic carbocycles. The molecular weight excluding hydrogens is 400 g/mol. The molecule has 172 valence electrons. The van der Waals surface area contributed by atoms with Crippen molar-refractivity contribution in [3.8, 4) is 0 Å². The zero-order valence-electron chi connectivity index (χ0n) is 19.4. The Balaban J connectivity index is 1.31. The molecular formula is C26H36N4O2. The second-order valence-electron chi connectivity index (χ2n) is 9.36. The Bertz CT molecular complexity index is 864. The quantitative estimate of drug-likeness (QED) is 0.679. The van der Waals surface area contributed by atoms with Gasteiger partial charge in [0.15, 0.2) is 0 Å². The van der Waals surface area contributed by atoms with Crippen molar-refractivity contribution in [2.24, 2.45) is 0 Å². The van der Waals surface area contributed by atoms with Crippen molar-refractivity contribution < 1.29 is 9.59 Å². The SMILES string of the molecule is CCC(=O)N(CC1(N2CCN(Cc3ccc(NC(C)=O)cc3)CC2)CC1)C1C=CC=CC1. The molecule has 1 N–H and O–H groups in total. The molecule has 1 aliphatic heterocycles. The minimum Gasteiger partial charge on any atom is -0.334 e. The van der Waals surface area contributed by atoms with Crippen molar-refractivity contribution in [1.82, 2.24) is 14.7 Å². The van der Waals surface area contributed by atoms with Gasteiger partial charge < -0.3 is 10.2 Å². The van der Waals surface area contributed by atoms with E-state index < -0.39 is 0 Å². The number of carbonyl (C=O) groups excluding carboxylic acids is 2. The minimum atomic E-state index is -0.0435. The average Bonchev–Trinajstić information content (AvgIpc) is 3.60. The summed E-state index contributed by atoms with van der Waals surface area (Å²) in [6.45, 7) is 9.48. The number of hydrogen-bond acceptors (Lipinski definition) is 4. The summed E-state index contributed by atoms with van der Waals surface area (Å²) in [5, 5.41) is 2.82. The van der Waals surface area contributed by atoms with Gasteiger partial charge >= 0.3 is 0 Å². The highest BCUT2D eigenvalue weighted by molar-refractivity contribution is 5.88. The number of anilines is 1. The smallest absolute Gasteiger partial charge is 0.222 e. The van der Waals surface area contributed by atoms with E-state index in [-0.39, 0.29) is 23.4 Å². The van der Waals surface area contributed by atoms with Crippen LogP contribution in [-0.2, 0) is 16.1 Å². The number of piperazine rings is 1. The molecule has 6 heteroatoms. The summed E-state index contributed by atoms with van der Waals surface area (Å²) in [6, 6.07) is 8.34. The van der Waals surface area contributed by atoms with E-state index in [0.717, 1.165) is 51.4 Å². The van der Waals surface area contributed by atoms with Crippen LogP contribution in [0.5, 0.6) is 0 Å². The summed E-state index contributed by atoms with van der Waals surface area (Å²) in [7, 11) is 0. The molecule has 4 rings (SSSR count). The van der Waals surface area contributed by atoms with Crippen LogP contribution >= 0.6 is 0 Å². The molecule has 0 bridgehead atoms. The van der Waals surface area contributed by atoms with E-state index >= 15 is 0 Å². The lowest BCUT2D eigenvalue weighted by Crippen LogP contribution is -2.56. The molecule has 1 heterocycles. The van der Waals surface area contributed by atoms with Gasteiger partial charge in [0.2, 0.25) is 11.8 Å². The molecule has 1 aromatic carbocycles. The third-order valence-corrected chi connectivity index (χ3v) is 7.00. The summed E-state index contributed by atoms with van der Waals surface area (Å²) in [4.78, 5) is 31.2. The van der Waals surface area contributed by atoms with Gasteiger partial charge in [-0.25, -0.2) is 0 Å². The van der Waals surface area contributed by atoms with Gasteiger partial charge in [-0.05, 0) is 37.0 Å². The topological polar surface area (TPSA) is 55.9 Å². The minimum absolute atomic E-state index is 0.0435. The largest absolute Gasteiger partial charge is 0.334 e. The second kappa shape index (κ2) is 10.0. The predicted octanol–water partition coefficient (Wildman–Crippen LogP) is 3.42. The molecule has 2 fully saturated rings. The molecule has 2 amide bonds. The highest BCUT2D eigenvalue weighted by Gasteiger charge is 2.50. The highest BCUT2D eigenvalue weighted by atomic mass is 16.2. The van der Waals surface area contributed by atoms with Gasteiger partial charge in [-0.1, -0.05) is 43.4 Å². The van der Waals surface area contributed by atoms with Crippen LogP contribution in [-0.4, -0.2) is 70.8 Å². The molecule has 0 spiro atoms. The summed E-state index contributed by atoms with van der Waals surface area (Å²) in [5.74, 6) is 0.223. The average molecular weight is 437 g/mol. The van der Waals surface area contributed by atoms with Crippen LogP contribution in [0.4, 0.5) is 5.69 Å². The van der Waals surface area contributed by atoms with E-state index in [4.69, 9.17) is 0 Å². The standard InChI is InChI=1S/C26H36N4O2/c1-3-25(32)30(24-7-5-4-6-8-24)20-26(13-14-26)29-17-15-28(16-18-29)19-22-9-11-23(12-10-22)27-21(2)31/h4-7,9-12,24H,3,8,13-20H2,1-2H3,(H,27,31). The molecule has 3 aliphatic rings. The summed E-state index contributed by atoms with van der Waals surface area (Å²) >= 11 is 0. The van der Waals surface area contributed by atoms with Crippen molar-refractivity contribution in [2.45, 2.75) is 57.7 Å². The first kappa shape index (κ1) is 22.7. The molecule has 1 saturated heterocycles. The van der Waals surface area contributed by atoms with Crippen LogP contribution < -0.4 is 5.32 Å². The molecule has 1 unspecified atom stereocenters. The van der Waals surface area contributed by atoms with E-state index in [1.54, 1.807) is 0 Å². The van der Waals surface area contributed by atoms with E-state index in [0.29, 0.717) is 6.42 Å². The predicted molar refractivity (Wildman–Crippen MR) is 128 cm³/mol. The second-order valence-corrected chi connectivity index (χ2v) is 9.36. The molecule has 32 heavy (non-hydrogen) atoms. The number of hydrogen-bond donors (Lipinski definition) is 1. The lowest BCUT2D eigenvalue weighted by molar-refractivity contribution is -0.133. The van der Waals surface area contributed by atoms with Crippen molar-refractivity contribution in [2.75, 3.05) is 38.0 Å². The van der Waals surface area contributed by atoms with Crippen LogP contribution in [0.2, 0.25) is 0 Å². The molecule has 0 aromatic heterocycles. The monoisotopic (exact) mass is 436 g/mol. The molecule has 6 nitrogen and oxygen atoms in total. The number of carbonyl (C=O) groups is 2. The van der Waals surface area contributed by atoms with Gasteiger partial charge in [0.1, 0.15) is 0 Å². The normalized spacial score (nSPS) is 22.5. The first-order valence-corrected chi connectivity index (χ1v) is 12.0. The number of amides is 2. The van der Waals surface area contributed by atoms with E-state index in [1.165, 1.54) is 25.3 Å². The van der Waals surface area contributed by atoms with Gasteiger partial charge in [-0.15, -0.1) is 0 Å². The third-order valence-electron chi connectivity index (χ3n) is 7.00. The number of rotatable bonds is 8. The molecule has 1 aromatic rings. The maximum atomic E-state index is 12.8. The summed E-state index contributed by atoms with van der Waals surface area (Å²) in [6.07, 6.45) is 12.4. The maximum absolute atomic E-state index is 12.8. The first-order valence-electron chi connectivity index (χ1n) is 12.0. The van der Waals surface area contributed by atoms with Crippen LogP contribution in [0.25, 0.3) is 0 Å². The Hall–Kier alpha value is -2.44. The van der Waals surface area contributed by atoms with Crippen molar-refractivity contribution in [3.63, 3.8) is 0 Å². The zero-order valence-corrected chi connectivity index (χ0v) is 19.4. The van der Waals surface area contributed by atoms with Gasteiger partial charge in [-0.3, -0.25) is 19.4 Å². The van der Waals surface area contributed by atoms with E-state index in [2.05, 4.69) is 56.5 Å². The first-order chi connectivity index (χ1) is 15.5. The van der Waals surface area contributed by atoms with Crippen molar-refractivity contribution in [1.29, 1.82) is 0 Å². The fourth-order valence-electron chi connectivity index (χ4n) is 4.96. The Morgan fingerprint density at radius 3 is 2.38 bits per heavy atom. The summed E-state index contributed by atoms with van der Waals surface area (Å²) < 4.78 is 0.